The molecule has 0 saturated carbocycles. The zero-order valence-corrected chi connectivity index (χ0v) is 12.6. The van der Waals surface area contributed by atoms with Gasteiger partial charge in [0.2, 0.25) is 5.91 Å². The van der Waals surface area contributed by atoms with Gasteiger partial charge in [-0.1, -0.05) is 18.2 Å². The molecule has 0 saturated heterocycles. The predicted octanol–water partition coefficient (Wildman–Crippen LogP) is 1.99. The summed E-state index contributed by atoms with van der Waals surface area (Å²) < 4.78 is 10.0. The highest BCUT2D eigenvalue weighted by molar-refractivity contribution is 5.79. The van der Waals surface area contributed by atoms with Crippen LogP contribution >= 0.6 is 0 Å². The molecule has 3 aromatic rings. The second-order valence-electron chi connectivity index (χ2n) is 5.15. The van der Waals surface area contributed by atoms with Crippen LogP contribution in [0.3, 0.4) is 0 Å². The number of carbonyl (C=O) groups is 1. The summed E-state index contributed by atoms with van der Waals surface area (Å²) in [6.45, 7) is 0.387. The van der Waals surface area contributed by atoms with Gasteiger partial charge in [-0.15, -0.1) is 0 Å². The summed E-state index contributed by atoms with van der Waals surface area (Å²) in [7, 11) is 1.60. The van der Waals surface area contributed by atoms with Crippen molar-refractivity contribution < 1.29 is 13.9 Å². The number of aromatic amines is 1. The number of methoxy groups -OCH3 is 1. The van der Waals surface area contributed by atoms with Crippen LogP contribution in [0.5, 0.6) is 5.75 Å². The number of ether oxygens (including phenoxy) is 1. The molecule has 0 fully saturated rings. The fourth-order valence-corrected chi connectivity index (χ4v) is 2.30. The van der Waals surface area contributed by atoms with E-state index in [0.29, 0.717) is 24.1 Å². The summed E-state index contributed by atoms with van der Waals surface area (Å²) in [6.07, 6.45) is 0.300. The highest BCUT2D eigenvalue weighted by atomic mass is 16.5. The summed E-state index contributed by atoms with van der Waals surface area (Å²) in [6, 6.07) is 12.7. The van der Waals surface area contributed by atoms with Crippen LogP contribution in [0.4, 0.5) is 0 Å². The van der Waals surface area contributed by atoms with Crippen molar-refractivity contribution in [3.8, 4) is 5.75 Å². The molecule has 2 N–H and O–H groups in total. The van der Waals surface area contributed by atoms with Crippen molar-refractivity contribution in [2.75, 3.05) is 7.11 Å². The monoisotopic (exact) mass is 312 g/mol. The lowest BCUT2D eigenvalue weighted by molar-refractivity contribution is -0.120. The number of hydrogen-bond donors (Lipinski definition) is 2. The van der Waals surface area contributed by atoms with Gasteiger partial charge in [-0.25, -0.2) is 4.79 Å². The summed E-state index contributed by atoms with van der Waals surface area (Å²) in [4.78, 5) is 25.7. The third-order valence-electron chi connectivity index (χ3n) is 3.50. The maximum absolute atomic E-state index is 12.0. The first-order chi connectivity index (χ1) is 11.1. The normalized spacial score (nSPS) is 10.7. The Morgan fingerprint density at radius 1 is 1.17 bits per heavy atom. The number of rotatable bonds is 5. The van der Waals surface area contributed by atoms with Crippen molar-refractivity contribution in [1.82, 2.24) is 10.3 Å². The Balaban J connectivity index is 1.59. The fraction of sp³-hybridized carbons (Fsp3) is 0.176. The van der Waals surface area contributed by atoms with E-state index in [-0.39, 0.29) is 5.91 Å². The van der Waals surface area contributed by atoms with Crippen molar-refractivity contribution in [3.63, 3.8) is 0 Å². The average molecular weight is 312 g/mol. The van der Waals surface area contributed by atoms with Gasteiger partial charge in [-0.3, -0.25) is 9.78 Å². The molecule has 2 aromatic carbocycles. The quantitative estimate of drug-likeness (QED) is 0.754. The van der Waals surface area contributed by atoms with E-state index in [0.717, 1.165) is 16.9 Å². The molecule has 6 nitrogen and oxygen atoms in total. The maximum atomic E-state index is 12.0. The Morgan fingerprint density at radius 3 is 2.65 bits per heavy atom. The van der Waals surface area contributed by atoms with E-state index in [1.165, 1.54) is 0 Å². The Kier molecular flexibility index (Phi) is 4.14. The Hall–Kier alpha value is -3.02. The molecular formula is C17H16N2O4. The lowest BCUT2D eigenvalue weighted by Gasteiger charge is -2.06. The molecular weight excluding hydrogens is 296 g/mol. The van der Waals surface area contributed by atoms with Crippen molar-refractivity contribution in [2.24, 2.45) is 0 Å². The number of amides is 1. The lowest BCUT2D eigenvalue weighted by atomic mass is 10.1. The molecule has 0 aliphatic carbocycles. The number of nitrogens with one attached hydrogen (secondary N) is 2. The van der Waals surface area contributed by atoms with E-state index in [9.17, 15) is 9.59 Å². The molecule has 0 aliphatic heterocycles. The number of carbonyl (C=O) groups excluding carboxylic acids is 1. The summed E-state index contributed by atoms with van der Waals surface area (Å²) in [5.41, 5.74) is 2.93. The highest BCUT2D eigenvalue weighted by Gasteiger charge is 2.06. The van der Waals surface area contributed by atoms with Gasteiger partial charge in [-0.2, -0.15) is 0 Å². The first-order valence-electron chi connectivity index (χ1n) is 7.15. The molecule has 3 rings (SSSR count). The van der Waals surface area contributed by atoms with Crippen LogP contribution in [0, 0.1) is 0 Å². The summed E-state index contributed by atoms with van der Waals surface area (Å²) >= 11 is 0. The van der Waals surface area contributed by atoms with Crippen molar-refractivity contribution in [3.05, 3.63) is 64.1 Å². The molecule has 1 heterocycles. The third-order valence-corrected chi connectivity index (χ3v) is 3.50. The number of fused-ring (bicyclic) bond motifs is 1. The van der Waals surface area contributed by atoms with Gasteiger partial charge in [0.25, 0.3) is 0 Å². The largest absolute Gasteiger partial charge is 0.497 e. The Morgan fingerprint density at radius 2 is 1.91 bits per heavy atom. The molecule has 0 bridgehead atoms. The number of oxazole rings is 1. The molecule has 1 amide bonds. The van der Waals surface area contributed by atoms with Crippen LogP contribution in [-0.4, -0.2) is 18.0 Å². The van der Waals surface area contributed by atoms with Crippen LogP contribution in [0.25, 0.3) is 11.1 Å². The van der Waals surface area contributed by atoms with Gasteiger partial charge in [0, 0.05) is 6.54 Å². The smallest absolute Gasteiger partial charge is 0.417 e. The number of benzene rings is 2. The van der Waals surface area contributed by atoms with E-state index < -0.39 is 5.76 Å². The van der Waals surface area contributed by atoms with E-state index in [1.54, 1.807) is 19.2 Å². The van der Waals surface area contributed by atoms with Gasteiger partial charge in [0.1, 0.15) is 5.75 Å². The molecule has 0 unspecified atom stereocenters. The SMILES string of the molecule is COc1ccc(CC(=O)NCc2ccc3oc(=O)[nH]c3c2)cc1. The van der Waals surface area contributed by atoms with E-state index in [2.05, 4.69) is 10.3 Å². The topological polar surface area (TPSA) is 84.3 Å². The van der Waals surface area contributed by atoms with Gasteiger partial charge >= 0.3 is 5.76 Å². The molecule has 6 heteroatoms. The zero-order valence-electron chi connectivity index (χ0n) is 12.6. The van der Waals surface area contributed by atoms with Crippen LogP contribution in [0.1, 0.15) is 11.1 Å². The Labute approximate surface area is 132 Å². The van der Waals surface area contributed by atoms with Crippen molar-refractivity contribution in [2.45, 2.75) is 13.0 Å². The molecule has 23 heavy (non-hydrogen) atoms. The molecule has 0 radical (unpaired) electrons. The fourth-order valence-electron chi connectivity index (χ4n) is 2.30. The minimum absolute atomic E-state index is 0.0732. The minimum atomic E-state index is -0.485. The average Bonchev–Trinajstić information content (AvgIpc) is 2.93. The molecule has 0 atom stereocenters. The number of H-pyrrole nitrogens is 1. The Bertz CT molecular complexity index is 877. The lowest BCUT2D eigenvalue weighted by Crippen LogP contribution is -2.24. The molecule has 0 aliphatic rings. The second-order valence-corrected chi connectivity index (χ2v) is 5.15. The molecule has 118 valence electrons. The van der Waals surface area contributed by atoms with Gasteiger partial charge in [0.15, 0.2) is 5.58 Å². The second kappa shape index (κ2) is 6.39. The maximum Gasteiger partial charge on any atom is 0.417 e. The van der Waals surface area contributed by atoms with Crippen molar-refractivity contribution >= 4 is 17.0 Å². The summed E-state index contributed by atoms with van der Waals surface area (Å²) in [5, 5.41) is 2.85. The molecule has 1 aromatic heterocycles. The summed E-state index contributed by atoms with van der Waals surface area (Å²) in [5.74, 6) is 0.202. The van der Waals surface area contributed by atoms with Gasteiger partial charge in [-0.05, 0) is 35.4 Å². The van der Waals surface area contributed by atoms with Crippen molar-refractivity contribution in [1.29, 1.82) is 0 Å². The third kappa shape index (κ3) is 3.60. The first-order valence-corrected chi connectivity index (χ1v) is 7.15. The minimum Gasteiger partial charge on any atom is -0.497 e. The number of aromatic nitrogens is 1. The van der Waals surface area contributed by atoms with Gasteiger partial charge in [0.05, 0.1) is 19.0 Å². The highest BCUT2D eigenvalue weighted by Crippen LogP contribution is 2.13. The standard InChI is InChI=1S/C17H16N2O4/c1-22-13-5-2-11(3-6-13)9-16(20)18-10-12-4-7-15-14(8-12)19-17(21)23-15/h2-8H,9-10H2,1H3,(H,18,20)(H,19,21). The first kappa shape index (κ1) is 14.9. The van der Waals surface area contributed by atoms with E-state index >= 15 is 0 Å². The number of hydrogen-bond acceptors (Lipinski definition) is 4. The zero-order chi connectivity index (χ0) is 16.2. The van der Waals surface area contributed by atoms with Crippen LogP contribution in [-0.2, 0) is 17.8 Å². The van der Waals surface area contributed by atoms with Crippen LogP contribution in [0.2, 0.25) is 0 Å². The van der Waals surface area contributed by atoms with Crippen LogP contribution in [0.15, 0.2) is 51.7 Å². The van der Waals surface area contributed by atoms with Gasteiger partial charge < -0.3 is 14.5 Å². The van der Waals surface area contributed by atoms with E-state index in [1.807, 2.05) is 30.3 Å². The molecule has 0 spiro atoms. The van der Waals surface area contributed by atoms with E-state index in [4.69, 9.17) is 9.15 Å². The predicted molar refractivity (Wildman–Crippen MR) is 85.4 cm³/mol. The van der Waals surface area contributed by atoms with Crippen LogP contribution < -0.4 is 15.8 Å².